The Morgan fingerprint density at radius 3 is 2.81 bits per heavy atom. The van der Waals surface area contributed by atoms with E-state index in [1.54, 1.807) is 11.8 Å². The number of hydrogen-bond acceptors (Lipinski definition) is 6. The number of aromatic nitrogens is 5. The fourth-order valence-corrected chi connectivity index (χ4v) is 3.82. The normalized spacial score (nSPS) is 11.0. The Labute approximate surface area is 159 Å². The van der Waals surface area contributed by atoms with Gasteiger partial charge in [-0.2, -0.15) is 4.68 Å². The number of ketones is 1. The number of thioether (sulfide) groups is 1. The number of carbonyl (C=O) groups excluding carboxylic acids is 1. The largest absolute Gasteiger partial charge is 0.494 e. The molecule has 7 nitrogen and oxygen atoms in total. The number of fused-ring (bicyclic) bond motifs is 1. The van der Waals surface area contributed by atoms with E-state index in [1.807, 2.05) is 55.5 Å². The van der Waals surface area contributed by atoms with Crippen LogP contribution in [0.1, 0.15) is 16.1 Å². The maximum Gasteiger partial charge on any atom is 0.214 e. The lowest BCUT2D eigenvalue weighted by Gasteiger charge is -2.08. The van der Waals surface area contributed by atoms with Gasteiger partial charge in [0.15, 0.2) is 5.78 Å². The molecule has 136 valence electrons. The molecule has 0 spiro atoms. The first-order chi connectivity index (χ1) is 13.2. The summed E-state index contributed by atoms with van der Waals surface area (Å²) in [6.07, 6.45) is 0. The molecule has 0 amide bonds. The van der Waals surface area contributed by atoms with E-state index in [0.29, 0.717) is 10.9 Å². The van der Waals surface area contributed by atoms with Crippen LogP contribution in [0.2, 0.25) is 0 Å². The molecule has 4 rings (SSSR count). The summed E-state index contributed by atoms with van der Waals surface area (Å²) in [5.41, 5.74) is 3.27. The van der Waals surface area contributed by atoms with E-state index in [2.05, 4.69) is 20.5 Å². The van der Waals surface area contributed by atoms with E-state index >= 15 is 0 Å². The van der Waals surface area contributed by atoms with E-state index < -0.39 is 0 Å². The minimum absolute atomic E-state index is 0.0320. The monoisotopic (exact) mass is 379 g/mol. The van der Waals surface area contributed by atoms with Crippen molar-refractivity contribution in [3.05, 3.63) is 59.8 Å². The van der Waals surface area contributed by atoms with Gasteiger partial charge in [0.2, 0.25) is 5.16 Å². The molecule has 0 radical (unpaired) electrons. The molecule has 2 aromatic carbocycles. The SMILES string of the molecule is COc1ccccc1-n1nnnc1SCC(=O)c1c(C)[nH]c2ccccc12. The molecular weight excluding hydrogens is 362 g/mol. The Balaban J connectivity index is 1.59. The van der Waals surface area contributed by atoms with Crippen molar-refractivity contribution in [1.29, 1.82) is 0 Å². The highest BCUT2D eigenvalue weighted by Crippen LogP contribution is 2.28. The first kappa shape index (κ1) is 17.3. The molecule has 2 aromatic heterocycles. The highest BCUT2D eigenvalue weighted by atomic mass is 32.2. The van der Waals surface area contributed by atoms with Crippen molar-refractivity contribution < 1.29 is 9.53 Å². The van der Waals surface area contributed by atoms with Gasteiger partial charge in [-0.05, 0) is 35.5 Å². The third-order valence-electron chi connectivity index (χ3n) is 4.26. The highest BCUT2D eigenvalue weighted by Gasteiger charge is 2.19. The average molecular weight is 379 g/mol. The number of ether oxygens (including phenoxy) is 1. The summed E-state index contributed by atoms with van der Waals surface area (Å²) in [4.78, 5) is 16.1. The van der Waals surface area contributed by atoms with Gasteiger partial charge in [-0.3, -0.25) is 4.79 Å². The van der Waals surface area contributed by atoms with Gasteiger partial charge in [0.25, 0.3) is 0 Å². The fourth-order valence-electron chi connectivity index (χ4n) is 3.06. The second kappa shape index (κ2) is 7.24. The molecule has 8 heteroatoms. The number of methoxy groups -OCH3 is 1. The molecule has 0 saturated carbocycles. The van der Waals surface area contributed by atoms with Crippen molar-refractivity contribution in [1.82, 2.24) is 25.2 Å². The molecule has 0 aliphatic carbocycles. The Morgan fingerprint density at radius 2 is 1.96 bits per heavy atom. The summed E-state index contributed by atoms with van der Waals surface area (Å²) in [5, 5.41) is 13.3. The van der Waals surface area contributed by atoms with Gasteiger partial charge in [-0.25, -0.2) is 0 Å². The van der Waals surface area contributed by atoms with Crippen LogP contribution >= 0.6 is 11.8 Å². The van der Waals surface area contributed by atoms with Crippen molar-refractivity contribution in [3.8, 4) is 11.4 Å². The Bertz CT molecular complexity index is 1120. The second-order valence-corrected chi connectivity index (χ2v) is 6.87. The first-order valence-corrected chi connectivity index (χ1v) is 9.32. The molecule has 0 aliphatic rings. The summed E-state index contributed by atoms with van der Waals surface area (Å²) >= 11 is 1.30. The lowest BCUT2D eigenvalue weighted by molar-refractivity contribution is 0.102. The number of hydrogen-bond donors (Lipinski definition) is 1. The highest BCUT2D eigenvalue weighted by molar-refractivity contribution is 7.99. The summed E-state index contributed by atoms with van der Waals surface area (Å²) in [6.45, 7) is 1.91. The van der Waals surface area contributed by atoms with Crippen LogP contribution in [0.4, 0.5) is 0 Å². The maximum atomic E-state index is 12.9. The van der Waals surface area contributed by atoms with Crippen LogP contribution in [-0.2, 0) is 0 Å². The number of carbonyl (C=O) groups is 1. The molecule has 0 unspecified atom stereocenters. The smallest absolute Gasteiger partial charge is 0.214 e. The van der Waals surface area contributed by atoms with Gasteiger partial charge in [0, 0.05) is 22.2 Å². The number of nitrogens with one attached hydrogen (secondary N) is 1. The fraction of sp³-hybridized carbons (Fsp3) is 0.158. The zero-order valence-electron chi connectivity index (χ0n) is 14.8. The maximum absolute atomic E-state index is 12.9. The van der Waals surface area contributed by atoms with Gasteiger partial charge in [0.05, 0.1) is 12.9 Å². The number of nitrogens with zero attached hydrogens (tertiary/aromatic N) is 4. The third kappa shape index (κ3) is 3.19. The zero-order valence-corrected chi connectivity index (χ0v) is 15.7. The van der Waals surface area contributed by atoms with Crippen LogP contribution < -0.4 is 4.74 Å². The predicted octanol–water partition coefficient (Wildman–Crippen LogP) is 3.44. The van der Waals surface area contributed by atoms with Crippen LogP contribution in [0.3, 0.4) is 0 Å². The number of para-hydroxylation sites is 3. The van der Waals surface area contributed by atoms with E-state index in [1.165, 1.54) is 11.8 Å². The van der Waals surface area contributed by atoms with Gasteiger partial charge in [-0.15, -0.1) is 5.10 Å². The number of benzene rings is 2. The van der Waals surface area contributed by atoms with Crippen molar-refractivity contribution in [2.24, 2.45) is 0 Å². The van der Waals surface area contributed by atoms with E-state index in [0.717, 1.165) is 27.8 Å². The molecule has 0 aliphatic heterocycles. The topological polar surface area (TPSA) is 85.7 Å². The molecule has 0 atom stereocenters. The number of H-pyrrole nitrogens is 1. The number of aromatic amines is 1. The third-order valence-corrected chi connectivity index (χ3v) is 5.18. The zero-order chi connectivity index (χ0) is 18.8. The molecule has 0 fully saturated rings. The average Bonchev–Trinajstić information content (AvgIpc) is 3.29. The van der Waals surface area contributed by atoms with E-state index in [4.69, 9.17) is 4.74 Å². The summed E-state index contributed by atoms with van der Waals surface area (Å²) in [5.74, 6) is 0.924. The van der Waals surface area contributed by atoms with E-state index in [-0.39, 0.29) is 11.5 Å². The lowest BCUT2D eigenvalue weighted by Crippen LogP contribution is -2.06. The minimum atomic E-state index is 0.0320. The van der Waals surface area contributed by atoms with Crippen molar-refractivity contribution in [2.45, 2.75) is 12.1 Å². The van der Waals surface area contributed by atoms with Crippen molar-refractivity contribution >= 4 is 28.4 Å². The Morgan fingerprint density at radius 1 is 1.19 bits per heavy atom. The number of Topliss-reactive ketones (excluding diaryl/α,β-unsaturated/α-hetero) is 1. The van der Waals surface area contributed by atoms with Crippen LogP contribution in [0.15, 0.2) is 53.7 Å². The standard InChI is InChI=1S/C19H17N5O2S/c1-12-18(13-7-3-4-8-14(13)20-12)16(25)11-27-19-21-22-23-24(19)15-9-5-6-10-17(15)26-2/h3-10,20H,11H2,1-2H3. The van der Waals surface area contributed by atoms with Gasteiger partial charge >= 0.3 is 0 Å². The van der Waals surface area contributed by atoms with Crippen molar-refractivity contribution in [3.63, 3.8) is 0 Å². The number of aryl methyl sites for hydroxylation is 1. The van der Waals surface area contributed by atoms with Crippen LogP contribution in [0.5, 0.6) is 5.75 Å². The summed E-state index contributed by atoms with van der Waals surface area (Å²) < 4.78 is 6.96. The van der Waals surface area contributed by atoms with Gasteiger partial charge < -0.3 is 9.72 Å². The van der Waals surface area contributed by atoms with Crippen LogP contribution in [0, 0.1) is 6.92 Å². The molecule has 0 saturated heterocycles. The molecule has 27 heavy (non-hydrogen) atoms. The summed E-state index contributed by atoms with van der Waals surface area (Å²) in [7, 11) is 1.60. The van der Waals surface area contributed by atoms with Crippen LogP contribution in [-0.4, -0.2) is 43.8 Å². The van der Waals surface area contributed by atoms with E-state index in [9.17, 15) is 4.79 Å². The predicted molar refractivity (Wildman–Crippen MR) is 104 cm³/mol. The first-order valence-electron chi connectivity index (χ1n) is 8.34. The molecular formula is C19H17N5O2S. The number of rotatable bonds is 6. The molecule has 0 bridgehead atoms. The van der Waals surface area contributed by atoms with Crippen molar-refractivity contribution in [2.75, 3.05) is 12.9 Å². The van der Waals surface area contributed by atoms with Gasteiger partial charge in [-0.1, -0.05) is 42.1 Å². The minimum Gasteiger partial charge on any atom is -0.494 e. The second-order valence-electron chi connectivity index (χ2n) is 5.93. The quantitative estimate of drug-likeness (QED) is 0.408. The molecule has 4 aromatic rings. The number of tetrazole rings is 1. The Kier molecular flexibility index (Phi) is 4.64. The molecule has 2 heterocycles. The lowest BCUT2D eigenvalue weighted by atomic mass is 10.1. The molecule has 1 N–H and O–H groups in total. The van der Waals surface area contributed by atoms with Gasteiger partial charge in [0.1, 0.15) is 11.4 Å². The Hall–Kier alpha value is -3.13. The summed E-state index contributed by atoms with van der Waals surface area (Å²) in [6, 6.07) is 15.3. The van der Waals surface area contributed by atoms with Crippen LogP contribution in [0.25, 0.3) is 16.6 Å².